The normalized spacial score (nSPS) is 26.1. The number of anilines is 1. The van der Waals surface area contributed by atoms with E-state index in [1.54, 1.807) is 0 Å². The number of benzene rings is 2. The third-order valence-electron chi connectivity index (χ3n) is 4.19. The predicted octanol–water partition coefficient (Wildman–Crippen LogP) is 3.79. The molecule has 0 saturated carbocycles. The topological polar surface area (TPSA) is 12.2 Å². The van der Waals surface area contributed by atoms with Crippen molar-refractivity contribution in [2.75, 3.05) is 4.90 Å². The highest BCUT2D eigenvalue weighted by molar-refractivity contribution is 5.64. The van der Waals surface area contributed by atoms with Gasteiger partial charge in [-0.05, 0) is 32.0 Å². The van der Waals surface area contributed by atoms with Crippen LogP contribution in [0, 0.1) is 0 Å². The van der Waals surface area contributed by atoms with Crippen molar-refractivity contribution in [2.24, 2.45) is 0 Å². The smallest absolute Gasteiger partial charge is 0.126 e. The van der Waals surface area contributed by atoms with E-state index in [1.165, 1.54) is 11.3 Å². The summed E-state index contributed by atoms with van der Waals surface area (Å²) in [5, 5.41) is 0. The number of hydrogen-bond donors (Lipinski definition) is 0. The number of para-hydroxylation sites is 2. The molecule has 2 aliphatic heterocycles. The first-order valence-corrected chi connectivity index (χ1v) is 6.80. The second-order valence-electron chi connectivity index (χ2n) is 5.88. The van der Waals surface area contributed by atoms with Crippen molar-refractivity contribution in [3.05, 3.63) is 60.2 Å². The molecule has 0 aliphatic carbocycles. The summed E-state index contributed by atoms with van der Waals surface area (Å²) in [7, 11) is 0. The lowest BCUT2D eigenvalue weighted by Gasteiger charge is -2.30. The van der Waals surface area contributed by atoms with Gasteiger partial charge in [-0.25, -0.2) is 0 Å². The van der Waals surface area contributed by atoms with E-state index in [1.807, 2.05) is 6.07 Å². The van der Waals surface area contributed by atoms with Crippen LogP contribution in [0.25, 0.3) is 0 Å². The maximum Gasteiger partial charge on any atom is 0.126 e. The molecular formula is C17H17NO. The fourth-order valence-corrected chi connectivity index (χ4v) is 3.35. The van der Waals surface area contributed by atoms with Gasteiger partial charge in [-0.3, -0.25) is 0 Å². The molecule has 0 radical (unpaired) electrons. The number of ether oxygens (including phenoxy) is 1. The Bertz CT molecular complexity index is 620. The second-order valence-corrected chi connectivity index (χ2v) is 5.88. The molecule has 2 atom stereocenters. The maximum absolute atomic E-state index is 6.18. The highest BCUT2D eigenvalue weighted by Gasteiger charge is 2.61. The zero-order valence-corrected chi connectivity index (χ0v) is 11.2. The van der Waals surface area contributed by atoms with Crippen LogP contribution < -0.4 is 9.64 Å². The largest absolute Gasteiger partial charge is 0.485 e. The van der Waals surface area contributed by atoms with Gasteiger partial charge in [0.2, 0.25) is 0 Å². The van der Waals surface area contributed by atoms with Crippen molar-refractivity contribution in [2.45, 2.75) is 31.5 Å². The SMILES string of the molecule is CC1(C)Oc2ccccc2C2C1N2c1ccccc1. The van der Waals surface area contributed by atoms with Crippen molar-refractivity contribution in [3.8, 4) is 5.75 Å². The summed E-state index contributed by atoms with van der Waals surface area (Å²) in [4.78, 5) is 2.46. The van der Waals surface area contributed by atoms with E-state index in [4.69, 9.17) is 4.74 Å². The first-order valence-electron chi connectivity index (χ1n) is 6.80. The molecule has 1 fully saturated rings. The third kappa shape index (κ3) is 1.49. The molecule has 2 nitrogen and oxygen atoms in total. The van der Waals surface area contributed by atoms with Crippen LogP contribution >= 0.6 is 0 Å². The third-order valence-corrected chi connectivity index (χ3v) is 4.19. The molecule has 0 amide bonds. The number of fused-ring (bicyclic) bond motifs is 3. The van der Waals surface area contributed by atoms with Gasteiger partial charge in [-0.1, -0.05) is 36.4 Å². The molecule has 2 unspecified atom stereocenters. The quantitative estimate of drug-likeness (QED) is 0.715. The minimum Gasteiger partial charge on any atom is -0.485 e. The van der Waals surface area contributed by atoms with Crippen molar-refractivity contribution in [1.82, 2.24) is 0 Å². The Morgan fingerprint density at radius 2 is 1.63 bits per heavy atom. The average molecular weight is 251 g/mol. The summed E-state index contributed by atoms with van der Waals surface area (Å²) in [5.41, 5.74) is 2.45. The lowest BCUT2D eigenvalue weighted by Crippen LogP contribution is -2.39. The molecule has 2 heterocycles. The number of hydrogen-bond acceptors (Lipinski definition) is 2. The van der Waals surface area contributed by atoms with Gasteiger partial charge in [0.25, 0.3) is 0 Å². The Hall–Kier alpha value is -1.96. The summed E-state index contributed by atoms with van der Waals surface area (Å²) in [6.45, 7) is 4.37. The molecule has 2 aromatic carbocycles. The van der Waals surface area contributed by atoms with Crippen LogP contribution in [0.5, 0.6) is 5.75 Å². The summed E-state index contributed by atoms with van der Waals surface area (Å²) in [5.74, 6) is 1.03. The van der Waals surface area contributed by atoms with Gasteiger partial charge in [0.1, 0.15) is 11.4 Å². The van der Waals surface area contributed by atoms with Gasteiger partial charge in [0.15, 0.2) is 0 Å². The summed E-state index contributed by atoms with van der Waals surface area (Å²) in [6, 6.07) is 19.9. The van der Waals surface area contributed by atoms with Crippen LogP contribution in [0.15, 0.2) is 54.6 Å². The summed E-state index contributed by atoms with van der Waals surface area (Å²) in [6.07, 6.45) is 0. The second kappa shape index (κ2) is 3.53. The Labute approximate surface area is 113 Å². The standard InChI is InChI=1S/C17H17NO/c1-17(2)16-15(13-10-6-7-11-14(13)19-17)18(16)12-8-4-3-5-9-12/h3-11,15-16H,1-2H3. The van der Waals surface area contributed by atoms with E-state index < -0.39 is 0 Å². The van der Waals surface area contributed by atoms with E-state index in [0.29, 0.717) is 12.1 Å². The maximum atomic E-state index is 6.18. The average Bonchev–Trinajstić information content (AvgIpc) is 3.16. The molecule has 2 heteroatoms. The lowest BCUT2D eigenvalue weighted by atomic mass is 9.94. The first-order chi connectivity index (χ1) is 9.18. The monoisotopic (exact) mass is 251 g/mol. The highest BCUT2D eigenvalue weighted by atomic mass is 16.5. The van der Waals surface area contributed by atoms with Gasteiger partial charge in [-0.15, -0.1) is 0 Å². The molecule has 0 N–H and O–H groups in total. The number of rotatable bonds is 1. The molecule has 1 saturated heterocycles. The van der Waals surface area contributed by atoms with E-state index in [-0.39, 0.29) is 5.60 Å². The molecule has 0 aromatic heterocycles. The van der Waals surface area contributed by atoms with Gasteiger partial charge < -0.3 is 9.64 Å². The Kier molecular flexibility index (Phi) is 2.03. The van der Waals surface area contributed by atoms with Crippen molar-refractivity contribution in [1.29, 1.82) is 0 Å². The minimum absolute atomic E-state index is 0.144. The van der Waals surface area contributed by atoms with Crippen molar-refractivity contribution in [3.63, 3.8) is 0 Å². The van der Waals surface area contributed by atoms with Crippen LogP contribution in [0.4, 0.5) is 5.69 Å². The van der Waals surface area contributed by atoms with E-state index in [0.717, 1.165) is 5.75 Å². The van der Waals surface area contributed by atoms with Crippen LogP contribution in [0.1, 0.15) is 25.5 Å². The fraction of sp³-hybridized carbons (Fsp3) is 0.294. The summed E-state index contributed by atoms with van der Waals surface area (Å²) >= 11 is 0. The van der Waals surface area contributed by atoms with Crippen LogP contribution in [0.3, 0.4) is 0 Å². The van der Waals surface area contributed by atoms with Gasteiger partial charge in [0, 0.05) is 11.3 Å². The minimum atomic E-state index is -0.144. The van der Waals surface area contributed by atoms with Crippen molar-refractivity contribution < 1.29 is 4.74 Å². The van der Waals surface area contributed by atoms with E-state index in [2.05, 4.69) is 67.3 Å². The Morgan fingerprint density at radius 1 is 0.947 bits per heavy atom. The molecule has 4 rings (SSSR count). The lowest BCUT2D eigenvalue weighted by molar-refractivity contribution is 0.0967. The van der Waals surface area contributed by atoms with Gasteiger partial charge >= 0.3 is 0 Å². The highest BCUT2D eigenvalue weighted by Crippen LogP contribution is 2.57. The fourth-order valence-electron chi connectivity index (χ4n) is 3.35. The summed E-state index contributed by atoms with van der Waals surface area (Å²) < 4.78 is 6.18. The zero-order chi connectivity index (χ0) is 13.0. The molecule has 19 heavy (non-hydrogen) atoms. The molecule has 96 valence electrons. The molecule has 0 spiro atoms. The predicted molar refractivity (Wildman–Crippen MR) is 76.6 cm³/mol. The van der Waals surface area contributed by atoms with Gasteiger partial charge in [-0.2, -0.15) is 0 Å². The molecule has 0 bridgehead atoms. The van der Waals surface area contributed by atoms with Gasteiger partial charge in [0.05, 0.1) is 12.1 Å². The van der Waals surface area contributed by atoms with Crippen LogP contribution in [-0.4, -0.2) is 11.6 Å². The molecule has 2 aliphatic rings. The molecular weight excluding hydrogens is 234 g/mol. The van der Waals surface area contributed by atoms with E-state index in [9.17, 15) is 0 Å². The number of nitrogens with zero attached hydrogens (tertiary/aromatic N) is 1. The Morgan fingerprint density at radius 3 is 2.42 bits per heavy atom. The Balaban J connectivity index is 1.81. The zero-order valence-electron chi connectivity index (χ0n) is 11.2. The van der Waals surface area contributed by atoms with Crippen molar-refractivity contribution >= 4 is 5.69 Å². The molecule has 2 aromatic rings. The van der Waals surface area contributed by atoms with Crippen LogP contribution in [-0.2, 0) is 0 Å². The van der Waals surface area contributed by atoms with Crippen LogP contribution in [0.2, 0.25) is 0 Å². The van der Waals surface area contributed by atoms with E-state index >= 15 is 0 Å². The first kappa shape index (κ1) is 10.9.